The Morgan fingerprint density at radius 1 is 1.03 bits per heavy atom. The van der Waals surface area contributed by atoms with E-state index in [0.29, 0.717) is 32.7 Å². The molecule has 9 heteroatoms. The number of rotatable bonds is 4. The van der Waals surface area contributed by atoms with Crippen LogP contribution in [0, 0.1) is 5.92 Å². The van der Waals surface area contributed by atoms with E-state index in [1.54, 1.807) is 0 Å². The molecule has 2 aromatic carbocycles. The van der Waals surface area contributed by atoms with E-state index < -0.39 is 5.54 Å². The monoisotopic (exact) mass is 526 g/mol. The molecule has 1 aromatic heterocycles. The van der Waals surface area contributed by atoms with Crippen molar-refractivity contribution >= 4 is 28.7 Å². The summed E-state index contributed by atoms with van der Waals surface area (Å²) in [4.78, 5) is 37.5. The van der Waals surface area contributed by atoms with Crippen molar-refractivity contribution in [2.75, 3.05) is 45.9 Å². The van der Waals surface area contributed by atoms with Gasteiger partial charge in [0.15, 0.2) is 5.54 Å². The second-order valence-corrected chi connectivity index (χ2v) is 11.4. The standard InChI is InChI=1S/C30H34N6O3/c1-33-26-9-8-24(16-25(26)17-31-33)22-4-6-23(7-5-22)27-32-30(11-15-39-20-30)28(37)36(27)19-21-10-14-35(18-21)29(38)34-12-2-3-13-34/h4-9,16-17,21H,2-3,10-15,18-20H2,1H3. The number of aromatic nitrogens is 2. The normalized spacial score (nSPS) is 25.1. The van der Waals surface area contributed by atoms with Crippen LogP contribution >= 0.6 is 0 Å². The van der Waals surface area contributed by atoms with Crippen molar-refractivity contribution in [1.29, 1.82) is 0 Å². The topological polar surface area (TPSA) is 83.3 Å². The highest BCUT2D eigenvalue weighted by Gasteiger charge is 2.51. The largest absolute Gasteiger partial charge is 0.378 e. The molecule has 0 aliphatic carbocycles. The van der Waals surface area contributed by atoms with Crippen molar-refractivity contribution in [2.45, 2.75) is 31.2 Å². The molecule has 0 N–H and O–H groups in total. The third-order valence-electron chi connectivity index (χ3n) is 8.82. The molecule has 3 saturated heterocycles. The van der Waals surface area contributed by atoms with Crippen LogP contribution in [0.1, 0.15) is 31.2 Å². The summed E-state index contributed by atoms with van der Waals surface area (Å²) in [5, 5.41) is 5.46. The molecule has 202 valence electrons. The minimum atomic E-state index is -0.816. The first-order valence-electron chi connectivity index (χ1n) is 14.1. The molecule has 4 aliphatic heterocycles. The maximum absolute atomic E-state index is 13.8. The van der Waals surface area contributed by atoms with Gasteiger partial charge in [0.1, 0.15) is 5.84 Å². The number of hydrogen-bond acceptors (Lipinski definition) is 5. The van der Waals surface area contributed by atoms with Crippen molar-refractivity contribution in [2.24, 2.45) is 18.0 Å². The molecular weight excluding hydrogens is 492 g/mol. The van der Waals surface area contributed by atoms with E-state index >= 15 is 0 Å². The number of urea groups is 1. The molecule has 2 unspecified atom stereocenters. The van der Waals surface area contributed by atoms with E-state index in [-0.39, 0.29) is 17.9 Å². The molecule has 3 amide bonds. The summed E-state index contributed by atoms with van der Waals surface area (Å²) in [7, 11) is 1.95. The number of nitrogens with zero attached hydrogens (tertiary/aromatic N) is 6. The van der Waals surface area contributed by atoms with E-state index in [4.69, 9.17) is 9.73 Å². The van der Waals surface area contributed by atoms with Gasteiger partial charge in [-0.1, -0.05) is 30.3 Å². The lowest BCUT2D eigenvalue weighted by atomic mass is 9.98. The maximum atomic E-state index is 13.8. The van der Waals surface area contributed by atoms with Gasteiger partial charge in [-0.15, -0.1) is 0 Å². The van der Waals surface area contributed by atoms with Crippen molar-refractivity contribution < 1.29 is 14.3 Å². The summed E-state index contributed by atoms with van der Waals surface area (Å²) in [6.45, 7) is 4.60. The number of ether oxygens (including phenoxy) is 1. The van der Waals surface area contributed by atoms with Gasteiger partial charge in [0.2, 0.25) is 0 Å². The second-order valence-electron chi connectivity index (χ2n) is 11.4. The first kappa shape index (κ1) is 24.3. The molecule has 5 heterocycles. The molecule has 0 bridgehead atoms. The third-order valence-corrected chi connectivity index (χ3v) is 8.82. The van der Waals surface area contributed by atoms with Crippen LogP contribution < -0.4 is 0 Å². The van der Waals surface area contributed by atoms with Gasteiger partial charge in [0.25, 0.3) is 5.91 Å². The van der Waals surface area contributed by atoms with Gasteiger partial charge in [-0.3, -0.25) is 14.4 Å². The Balaban J connectivity index is 1.12. The highest BCUT2D eigenvalue weighted by atomic mass is 16.5. The molecular formula is C30H34N6O3. The minimum Gasteiger partial charge on any atom is -0.378 e. The zero-order chi connectivity index (χ0) is 26.6. The van der Waals surface area contributed by atoms with Crippen LogP contribution in [0.2, 0.25) is 0 Å². The lowest BCUT2D eigenvalue weighted by Gasteiger charge is -2.26. The van der Waals surface area contributed by atoms with Crippen molar-refractivity contribution in [3.8, 4) is 11.1 Å². The number of likely N-dealkylation sites (tertiary alicyclic amines) is 2. The van der Waals surface area contributed by atoms with E-state index in [1.165, 1.54) is 0 Å². The molecule has 9 nitrogen and oxygen atoms in total. The zero-order valence-electron chi connectivity index (χ0n) is 22.4. The fourth-order valence-corrected chi connectivity index (χ4v) is 6.54. The molecule has 39 heavy (non-hydrogen) atoms. The molecule has 0 saturated carbocycles. The number of benzene rings is 2. The van der Waals surface area contributed by atoms with Crippen molar-refractivity contribution in [3.05, 3.63) is 54.2 Å². The Bertz CT molecular complexity index is 1450. The Morgan fingerprint density at radius 3 is 2.56 bits per heavy atom. The summed E-state index contributed by atoms with van der Waals surface area (Å²) >= 11 is 0. The Hall–Kier alpha value is -3.72. The Morgan fingerprint density at radius 2 is 1.79 bits per heavy atom. The summed E-state index contributed by atoms with van der Waals surface area (Å²) in [6, 6.07) is 14.8. The minimum absolute atomic E-state index is 0.0328. The highest BCUT2D eigenvalue weighted by molar-refractivity contribution is 6.15. The van der Waals surface area contributed by atoms with Crippen LogP contribution in [0.5, 0.6) is 0 Å². The summed E-state index contributed by atoms with van der Waals surface area (Å²) < 4.78 is 7.53. The second kappa shape index (κ2) is 9.48. The van der Waals surface area contributed by atoms with Crippen LogP contribution in [0.4, 0.5) is 4.79 Å². The summed E-state index contributed by atoms with van der Waals surface area (Å²) in [6.07, 6.45) is 5.57. The lowest BCUT2D eigenvalue weighted by Crippen LogP contribution is -2.46. The molecule has 2 atom stereocenters. The SMILES string of the molecule is Cn1ncc2cc(-c3ccc(C4=NC5(CCOC5)C(=O)N4CC4CCN(C(=O)N5CCCC5)C4)cc3)ccc21. The van der Waals surface area contributed by atoms with Crippen molar-refractivity contribution in [1.82, 2.24) is 24.5 Å². The first-order valence-corrected chi connectivity index (χ1v) is 14.1. The van der Waals surface area contributed by atoms with Gasteiger partial charge in [0, 0.05) is 63.7 Å². The van der Waals surface area contributed by atoms with E-state index in [9.17, 15) is 9.59 Å². The highest BCUT2D eigenvalue weighted by Crippen LogP contribution is 2.35. The number of amides is 3. The van der Waals surface area contributed by atoms with Gasteiger partial charge in [-0.25, -0.2) is 9.79 Å². The molecule has 0 radical (unpaired) electrons. The molecule has 1 spiro atoms. The maximum Gasteiger partial charge on any atom is 0.320 e. The molecule has 7 rings (SSSR count). The predicted molar refractivity (Wildman–Crippen MR) is 148 cm³/mol. The van der Waals surface area contributed by atoms with Gasteiger partial charge in [0.05, 0.1) is 18.3 Å². The van der Waals surface area contributed by atoms with Gasteiger partial charge in [-0.2, -0.15) is 5.10 Å². The van der Waals surface area contributed by atoms with Crippen LogP contribution in [-0.4, -0.2) is 93.7 Å². The van der Waals surface area contributed by atoms with E-state index in [1.807, 2.05) is 32.6 Å². The molecule has 3 aromatic rings. The Kier molecular flexibility index (Phi) is 5.91. The number of aliphatic imine (C=N–C) groups is 1. The van der Waals surface area contributed by atoms with Gasteiger partial charge in [-0.05, 0) is 48.4 Å². The van der Waals surface area contributed by atoms with Gasteiger partial charge < -0.3 is 14.5 Å². The zero-order valence-corrected chi connectivity index (χ0v) is 22.4. The smallest absolute Gasteiger partial charge is 0.320 e. The number of carbonyl (C=O) groups is 2. The van der Waals surface area contributed by atoms with Gasteiger partial charge >= 0.3 is 6.03 Å². The fourth-order valence-electron chi connectivity index (χ4n) is 6.54. The van der Waals surface area contributed by atoms with Crippen LogP contribution in [0.3, 0.4) is 0 Å². The van der Waals surface area contributed by atoms with Crippen molar-refractivity contribution in [3.63, 3.8) is 0 Å². The third kappa shape index (κ3) is 4.19. The van der Waals surface area contributed by atoms with Crippen LogP contribution in [-0.2, 0) is 16.6 Å². The number of amidine groups is 1. The average Bonchev–Trinajstić information content (AvgIpc) is 3.80. The Labute approximate surface area is 228 Å². The number of aryl methyl sites for hydroxylation is 1. The molecule has 4 aliphatic rings. The quantitative estimate of drug-likeness (QED) is 0.521. The number of carbonyl (C=O) groups excluding carboxylic acids is 2. The fraction of sp³-hybridized carbons (Fsp3) is 0.467. The van der Waals surface area contributed by atoms with Crippen LogP contribution in [0.15, 0.2) is 53.7 Å². The summed E-state index contributed by atoms with van der Waals surface area (Å²) in [5.41, 5.74) is 3.44. The number of fused-ring (bicyclic) bond motifs is 1. The molecule has 3 fully saturated rings. The average molecular weight is 527 g/mol. The number of hydrogen-bond donors (Lipinski definition) is 0. The predicted octanol–water partition coefficient (Wildman–Crippen LogP) is 3.53. The lowest BCUT2D eigenvalue weighted by molar-refractivity contribution is -0.131. The van der Waals surface area contributed by atoms with E-state index in [0.717, 1.165) is 72.3 Å². The van der Waals surface area contributed by atoms with Crippen LogP contribution in [0.25, 0.3) is 22.0 Å². The first-order chi connectivity index (χ1) is 19.0. The summed E-state index contributed by atoms with van der Waals surface area (Å²) in [5.74, 6) is 0.989. The van der Waals surface area contributed by atoms with E-state index in [2.05, 4.69) is 47.6 Å².